The summed E-state index contributed by atoms with van der Waals surface area (Å²) in [6, 6.07) is 2.79. The predicted octanol–water partition coefficient (Wildman–Crippen LogP) is 2.92. The molecule has 4 heteroatoms. The van der Waals surface area contributed by atoms with E-state index >= 15 is 0 Å². The quantitative estimate of drug-likeness (QED) is 0.789. The molecule has 1 aliphatic carbocycles. The summed E-state index contributed by atoms with van der Waals surface area (Å²) in [4.78, 5) is 4.44. The smallest absolute Gasteiger partial charge is 0.130 e. The average molecular weight is 284 g/mol. The van der Waals surface area contributed by atoms with Crippen LogP contribution in [0.3, 0.4) is 0 Å². The Balaban J connectivity index is 2.02. The van der Waals surface area contributed by atoms with Gasteiger partial charge in [0.05, 0.1) is 0 Å². The van der Waals surface area contributed by atoms with Crippen molar-refractivity contribution in [3.63, 3.8) is 0 Å². The largest absolute Gasteiger partial charge is 0.367 e. The van der Waals surface area contributed by atoms with E-state index in [-0.39, 0.29) is 0 Å². The molecule has 1 aliphatic rings. The van der Waals surface area contributed by atoms with Crippen LogP contribution >= 0.6 is 15.9 Å². The Kier molecular flexibility index (Phi) is 4.18. The summed E-state index contributed by atoms with van der Waals surface area (Å²) in [5, 5.41) is 6.88. The minimum Gasteiger partial charge on any atom is -0.367 e. The van der Waals surface area contributed by atoms with Gasteiger partial charge in [-0.25, -0.2) is 4.98 Å². The Labute approximate surface area is 105 Å². The summed E-state index contributed by atoms with van der Waals surface area (Å²) in [5.74, 6) is 1.04. The normalized spacial score (nSPS) is 15.1. The average Bonchev–Trinajstić information content (AvgIpc) is 3.06. The number of aromatic nitrogens is 1. The van der Waals surface area contributed by atoms with Crippen molar-refractivity contribution < 1.29 is 0 Å². The van der Waals surface area contributed by atoms with E-state index in [0.29, 0.717) is 6.04 Å². The number of rotatable bonds is 6. The molecule has 0 saturated heterocycles. The molecule has 1 aromatic heterocycles. The molecule has 0 amide bonds. The molecule has 3 nitrogen and oxygen atoms in total. The van der Waals surface area contributed by atoms with Gasteiger partial charge in [-0.05, 0) is 47.8 Å². The number of halogens is 1. The van der Waals surface area contributed by atoms with Gasteiger partial charge in [0, 0.05) is 28.8 Å². The molecule has 0 aromatic carbocycles. The first-order chi connectivity index (χ1) is 7.79. The minimum absolute atomic E-state index is 0.651. The van der Waals surface area contributed by atoms with E-state index in [1.54, 1.807) is 0 Å². The van der Waals surface area contributed by atoms with Gasteiger partial charge in [-0.3, -0.25) is 0 Å². The number of nitrogens with one attached hydrogen (secondary N) is 2. The number of nitrogens with zero attached hydrogens (tertiary/aromatic N) is 1. The second kappa shape index (κ2) is 5.64. The Morgan fingerprint density at radius 1 is 1.50 bits per heavy atom. The van der Waals surface area contributed by atoms with Crippen LogP contribution in [0.1, 0.15) is 31.7 Å². The zero-order valence-corrected chi connectivity index (χ0v) is 11.2. The van der Waals surface area contributed by atoms with Crippen molar-refractivity contribution in [1.82, 2.24) is 10.3 Å². The third-order valence-electron chi connectivity index (χ3n) is 2.59. The monoisotopic (exact) mass is 283 g/mol. The first-order valence-corrected chi connectivity index (χ1v) is 6.70. The molecule has 0 spiro atoms. The van der Waals surface area contributed by atoms with Crippen LogP contribution in [-0.2, 0) is 6.54 Å². The fourth-order valence-electron chi connectivity index (χ4n) is 1.57. The van der Waals surface area contributed by atoms with E-state index < -0.39 is 0 Å². The number of hydrogen-bond donors (Lipinski definition) is 2. The third kappa shape index (κ3) is 3.46. The topological polar surface area (TPSA) is 37.0 Å². The highest BCUT2D eigenvalue weighted by atomic mass is 79.9. The summed E-state index contributed by atoms with van der Waals surface area (Å²) >= 11 is 3.47. The molecule has 1 aromatic rings. The number of hydrogen-bond acceptors (Lipinski definition) is 3. The van der Waals surface area contributed by atoms with Crippen molar-refractivity contribution in [1.29, 1.82) is 0 Å². The van der Waals surface area contributed by atoms with Crippen LogP contribution < -0.4 is 10.6 Å². The number of pyridine rings is 1. The summed E-state index contributed by atoms with van der Waals surface area (Å²) in [7, 11) is 0. The van der Waals surface area contributed by atoms with Gasteiger partial charge in [0.2, 0.25) is 0 Å². The lowest BCUT2D eigenvalue weighted by Gasteiger charge is -2.11. The Morgan fingerprint density at radius 2 is 2.31 bits per heavy atom. The molecule has 1 saturated carbocycles. The molecule has 0 bridgehead atoms. The van der Waals surface area contributed by atoms with Crippen LogP contribution in [0.4, 0.5) is 5.82 Å². The number of anilines is 1. The van der Waals surface area contributed by atoms with Crippen molar-refractivity contribution >= 4 is 21.7 Å². The lowest BCUT2D eigenvalue weighted by Crippen LogP contribution is -2.16. The standard InChI is InChI=1S/C12H18BrN3/c1-2-5-14-7-9-6-10(13)8-15-12(9)16-11-3-4-11/h6,8,11,14H,2-5,7H2,1H3,(H,15,16). The molecule has 16 heavy (non-hydrogen) atoms. The lowest BCUT2D eigenvalue weighted by atomic mass is 10.2. The van der Waals surface area contributed by atoms with E-state index in [0.717, 1.165) is 29.8 Å². The highest BCUT2D eigenvalue weighted by Crippen LogP contribution is 2.26. The maximum atomic E-state index is 4.44. The summed E-state index contributed by atoms with van der Waals surface area (Å²) in [6.45, 7) is 4.11. The molecule has 88 valence electrons. The van der Waals surface area contributed by atoms with Gasteiger partial charge in [-0.2, -0.15) is 0 Å². The molecule has 2 N–H and O–H groups in total. The van der Waals surface area contributed by atoms with Gasteiger partial charge in [-0.1, -0.05) is 6.92 Å². The molecule has 2 rings (SSSR count). The molecule has 0 unspecified atom stereocenters. The van der Waals surface area contributed by atoms with Crippen LogP contribution in [-0.4, -0.2) is 17.6 Å². The second-order valence-electron chi connectivity index (χ2n) is 4.26. The van der Waals surface area contributed by atoms with E-state index in [4.69, 9.17) is 0 Å². The molecule has 0 radical (unpaired) electrons. The van der Waals surface area contributed by atoms with Crippen LogP contribution in [0.2, 0.25) is 0 Å². The predicted molar refractivity (Wildman–Crippen MR) is 70.6 cm³/mol. The Morgan fingerprint density at radius 3 is 3.00 bits per heavy atom. The van der Waals surface area contributed by atoms with Crippen LogP contribution in [0.15, 0.2) is 16.7 Å². The van der Waals surface area contributed by atoms with Gasteiger partial charge in [0.25, 0.3) is 0 Å². The lowest BCUT2D eigenvalue weighted by molar-refractivity contribution is 0.674. The van der Waals surface area contributed by atoms with Crippen molar-refractivity contribution in [2.75, 3.05) is 11.9 Å². The molecular formula is C12H18BrN3. The highest BCUT2D eigenvalue weighted by molar-refractivity contribution is 9.10. The van der Waals surface area contributed by atoms with Gasteiger partial charge < -0.3 is 10.6 Å². The Bertz CT molecular complexity index is 350. The van der Waals surface area contributed by atoms with Crippen molar-refractivity contribution in [3.05, 3.63) is 22.3 Å². The maximum Gasteiger partial charge on any atom is 0.130 e. The molecular weight excluding hydrogens is 266 g/mol. The van der Waals surface area contributed by atoms with Crippen LogP contribution in [0.5, 0.6) is 0 Å². The fraction of sp³-hybridized carbons (Fsp3) is 0.583. The zero-order valence-electron chi connectivity index (χ0n) is 9.59. The fourth-order valence-corrected chi connectivity index (χ4v) is 1.95. The first kappa shape index (κ1) is 11.9. The first-order valence-electron chi connectivity index (χ1n) is 5.91. The van der Waals surface area contributed by atoms with Gasteiger partial charge in [-0.15, -0.1) is 0 Å². The van der Waals surface area contributed by atoms with Crippen molar-refractivity contribution in [2.45, 2.75) is 38.8 Å². The van der Waals surface area contributed by atoms with Gasteiger partial charge in [0.15, 0.2) is 0 Å². The van der Waals surface area contributed by atoms with Crippen molar-refractivity contribution in [3.8, 4) is 0 Å². The van der Waals surface area contributed by atoms with Gasteiger partial charge >= 0.3 is 0 Å². The maximum absolute atomic E-state index is 4.44. The summed E-state index contributed by atoms with van der Waals surface area (Å²) in [6.07, 6.45) is 5.57. The summed E-state index contributed by atoms with van der Waals surface area (Å²) < 4.78 is 1.04. The van der Waals surface area contributed by atoms with Crippen LogP contribution in [0, 0.1) is 0 Å². The van der Waals surface area contributed by atoms with E-state index in [9.17, 15) is 0 Å². The summed E-state index contributed by atoms with van der Waals surface area (Å²) in [5.41, 5.74) is 1.25. The second-order valence-corrected chi connectivity index (χ2v) is 5.17. The Hall–Kier alpha value is -0.610. The van der Waals surface area contributed by atoms with Crippen LogP contribution in [0.25, 0.3) is 0 Å². The van der Waals surface area contributed by atoms with E-state index in [2.05, 4.69) is 44.5 Å². The molecule has 0 aliphatic heterocycles. The van der Waals surface area contributed by atoms with Gasteiger partial charge in [0.1, 0.15) is 5.82 Å². The van der Waals surface area contributed by atoms with E-state index in [1.165, 1.54) is 18.4 Å². The van der Waals surface area contributed by atoms with Crippen molar-refractivity contribution in [2.24, 2.45) is 0 Å². The third-order valence-corrected chi connectivity index (χ3v) is 3.03. The minimum atomic E-state index is 0.651. The van der Waals surface area contributed by atoms with E-state index in [1.807, 2.05) is 6.20 Å². The zero-order chi connectivity index (χ0) is 11.4. The molecule has 1 heterocycles. The SMILES string of the molecule is CCCNCc1cc(Br)cnc1NC1CC1. The molecule has 0 atom stereocenters. The highest BCUT2D eigenvalue weighted by Gasteiger charge is 2.22. The molecule has 1 fully saturated rings.